The number of sulfone groups is 1. The number of benzene rings is 1. The first kappa shape index (κ1) is 12.6. The summed E-state index contributed by atoms with van der Waals surface area (Å²) in [4.78, 5) is 2.61. The second-order valence-corrected chi connectivity index (χ2v) is 6.76. The summed E-state index contributed by atoms with van der Waals surface area (Å²) in [5, 5.41) is 0. The van der Waals surface area contributed by atoms with Gasteiger partial charge in [0.05, 0.1) is 10.6 Å². The number of hydrogen-bond donors (Lipinski definition) is 0. The van der Waals surface area contributed by atoms with Gasteiger partial charge in [-0.2, -0.15) is 0 Å². The molecule has 0 amide bonds. The third-order valence-electron chi connectivity index (χ3n) is 3.44. The topological polar surface area (TPSA) is 37.4 Å². The lowest BCUT2D eigenvalue weighted by Gasteiger charge is -2.32. The molecule has 0 unspecified atom stereocenters. The third-order valence-corrected chi connectivity index (χ3v) is 5.25. The van der Waals surface area contributed by atoms with Crippen molar-refractivity contribution in [1.82, 2.24) is 4.90 Å². The van der Waals surface area contributed by atoms with Gasteiger partial charge in [0, 0.05) is 6.04 Å². The highest BCUT2D eigenvalue weighted by Gasteiger charge is 2.25. The Morgan fingerprint density at radius 1 is 1.24 bits per heavy atom. The van der Waals surface area contributed by atoms with Crippen LogP contribution in [0.1, 0.15) is 19.3 Å². The molecular weight excluding hydrogens is 234 g/mol. The normalized spacial score (nSPS) is 22.5. The van der Waals surface area contributed by atoms with Crippen molar-refractivity contribution < 1.29 is 8.42 Å². The Hall–Kier alpha value is -0.870. The minimum atomic E-state index is -3.13. The van der Waals surface area contributed by atoms with E-state index in [9.17, 15) is 8.42 Å². The summed E-state index contributed by atoms with van der Waals surface area (Å²) >= 11 is 0. The predicted octanol–water partition coefficient (Wildman–Crippen LogP) is 1.94. The molecule has 1 heterocycles. The second kappa shape index (κ2) is 5.19. The van der Waals surface area contributed by atoms with Gasteiger partial charge in [0.15, 0.2) is 9.84 Å². The highest BCUT2D eigenvalue weighted by atomic mass is 32.2. The number of nitrogens with zero attached hydrogens (tertiary/aromatic N) is 1. The van der Waals surface area contributed by atoms with Crippen LogP contribution in [0.3, 0.4) is 0 Å². The molecule has 3 nitrogen and oxygen atoms in total. The average Bonchev–Trinajstić information content (AvgIpc) is 2.33. The van der Waals surface area contributed by atoms with Gasteiger partial charge >= 0.3 is 0 Å². The molecule has 0 aliphatic carbocycles. The Kier molecular flexibility index (Phi) is 3.84. The Morgan fingerprint density at radius 2 is 1.94 bits per heavy atom. The molecule has 1 aromatic rings. The molecule has 4 heteroatoms. The number of likely N-dealkylation sites (tertiary alicyclic amines) is 1. The van der Waals surface area contributed by atoms with E-state index < -0.39 is 9.84 Å². The van der Waals surface area contributed by atoms with Crippen LogP contribution in [0.25, 0.3) is 0 Å². The molecule has 1 aliphatic heterocycles. The molecule has 0 bridgehead atoms. The van der Waals surface area contributed by atoms with Gasteiger partial charge in [-0.3, -0.25) is 0 Å². The van der Waals surface area contributed by atoms with Gasteiger partial charge in [0.25, 0.3) is 0 Å². The van der Waals surface area contributed by atoms with Crippen molar-refractivity contribution in [3.05, 3.63) is 30.3 Å². The van der Waals surface area contributed by atoms with Crippen LogP contribution in [-0.4, -0.2) is 38.7 Å². The quantitative estimate of drug-likeness (QED) is 0.826. The lowest BCUT2D eigenvalue weighted by molar-refractivity contribution is 0.202. The molecule has 0 N–H and O–H groups in total. The molecule has 0 saturated carbocycles. The summed E-state index contributed by atoms with van der Waals surface area (Å²) in [6.07, 6.45) is 3.31. The largest absolute Gasteiger partial charge is 0.302 e. The number of hydrogen-bond acceptors (Lipinski definition) is 3. The molecule has 94 valence electrons. The molecule has 0 spiro atoms. The number of rotatable bonds is 3. The molecule has 0 radical (unpaired) electrons. The molecule has 0 aromatic heterocycles. The fourth-order valence-electron chi connectivity index (χ4n) is 2.33. The van der Waals surface area contributed by atoms with Crippen LogP contribution < -0.4 is 0 Å². The molecule has 2 rings (SSSR count). The van der Waals surface area contributed by atoms with Crippen molar-refractivity contribution in [2.24, 2.45) is 0 Å². The Bertz CT molecular complexity index is 456. The molecule has 1 aliphatic rings. The van der Waals surface area contributed by atoms with Gasteiger partial charge in [-0.05, 0) is 38.6 Å². The van der Waals surface area contributed by atoms with Crippen LogP contribution in [0.2, 0.25) is 0 Å². The lowest BCUT2D eigenvalue weighted by Crippen LogP contribution is -2.40. The average molecular weight is 253 g/mol. The summed E-state index contributed by atoms with van der Waals surface area (Å²) in [7, 11) is -1.12. The SMILES string of the molecule is CN1CCCC[C@@H]1CS(=O)(=O)c1ccccc1. The zero-order valence-electron chi connectivity index (χ0n) is 10.2. The summed E-state index contributed by atoms with van der Waals surface area (Å²) < 4.78 is 24.4. The van der Waals surface area contributed by atoms with Crippen molar-refractivity contribution in [2.45, 2.75) is 30.2 Å². The van der Waals surface area contributed by atoms with Crippen LogP contribution >= 0.6 is 0 Å². The van der Waals surface area contributed by atoms with Gasteiger partial charge in [0.1, 0.15) is 0 Å². The van der Waals surface area contributed by atoms with Crippen LogP contribution in [0, 0.1) is 0 Å². The monoisotopic (exact) mass is 253 g/mol. The van der Waals surface area contributed by atoms with Crippen molar-refractivity contribution >= 4 is 9.84 Å². The van der Waals surface area contributed by atoms with E-state index in [2.05, 4.69) is 4.90 Å². The Labute approximate surface area is 103 Å². The molecule has 1 aromatic carbocycles. The van der Waals surface area contributed by atoms with E-state index in [-0.39, 0.29) is 11.8 Å². The first-order valence-electron chi connectivity index (χ1n) is 6.07. The van der Waals surface area contributed by atoms with E-state index in [1.807, 2.05) is 13.1 Å². The van der Waals surface area contributed by atoms with E-state index in [1.165, 1.54) is 6.42 Å². The van der Waals surface area contributed by atoms with Crippen LogP contribution in [0.5, 0.6) is 0 Å². The van der Waals surface area contributed by atoms with E-state index in [0.717, 1.165) is 19.4 Å². The smallest absolute Gasteiger partial charge is 0.179 e. The second-order valence-electron chi connectivity index (χ2n) is 4.72. The molecule has 1 fully saturated rings. The van der Waals surface area contributed by atoms with Crippen LogP contribution in [0.4, 0.5) is 0 Å². The highest BCUT2D eigenvalue weighted by molar-refractivity contribution is 7.91. The van der Waals surface area contributed by atoms with Crippen molar-refractivity contribution in [2.75, 3.05) is 19.3 Å². The fraction of sp³-hybridized carbons (Fsp3) is 0.538. The minimum Gasteiger partial charge on any atom is -0.302 e. The Morgan fingerprint density at radius 3 is 2.59 bits per heavy atom. The standard InChI is InChI=1S/C13H19NO2S/c1-14-10-6-5-7-12(14)11-17(15,16)13-8-3-2-4-9-13/h2-4,8-9,12H,5-7,10-11H2,1H3/t12-/m1/s1. The van der Waals surface area contributed by atoms with Crippen LogP contribution in [-0.2, 0) is 9.84 Å². The van der Waals surface area contributed by atoms with Gasteiger partial charge in [-0.25, -0.2) is 8.42 Å². The van der Waals surface area contributed by atoms with E-state index in [1.54, 1.807) is 24.3 Å². The van der Waals surface area contributed by atoms with E-state index >= 15 is 0 Å². The zero-order chi connectivity index (χ0) is 12.3. The summed E-state index contributed by atoms with van der Waals surface area (Å²) in [5.74, 6) is 0.244. The van der Waals surface area contributed by atoms with Gasteiger partial charge in [-0.1, -0.05) is 24.6 Å². The first-order valence-corrected chi connectivity index (χ1v) is 7.73. The van der Waals surface area contributed by atoms with E-state index in [0.29, 0.717) is 4.90 Å². The maximum atomic E-state index is 12.2. The van der Waals surface area contributed by atoms with Crippen LogP contribution in [0.15, 0.2) is 35.2 Å². The lowest BCUT2D eigenvalue weighted by atomic mass is 10.1. The maximum Gasteiger partial charge on any atom is 0.179 e. The van der Waals surface area contributed by atoms with Crippen molar-refractivity contribution in [3.8, 4) is 0 Å². The van der Waals surface area contributed by atoms with Gasteiger partial charge in [-0.15, -0.1) is 0 Å². The predicted molar refractivity (Wildman–Crippen MR) is 68.8 cm³/mol. The summed E-state index contributed by atoms with van der Waals surface area (Å²) in [6.45, 7) is 1.01. The number of piperidine rings is 1. The minimum absolute atomic E-state index is 0.175. The molecule has 1 saturated heterocycles. The molecular formula is C13H19NO2S. The van der Waals surface area contributed by atoms with Crippen molar-refractivity contribution in [3.63, 3.8) is 0 Å². The summed E-state index contributed by atoms with van der Waals surface area (Å²) in [5.41, 5.74) is 0. The fourth-order valence-corrected chi connectivity index (χ4v) is 4.02. The molecule has 1 atom stereocenters. The third kappa shape index (κ3) is 3.07. The summed E-state index contributed by atoms with van der Waals surface area (Å²) in [6, 6.07) is 8.92. The zero-order valence-corrected chi connectivity index (χ0v) is 11.0. The Balaban J connectivity index is 2.12. The maximum absolute atomic E-state index is 12.2. The van der Waals surface area contributed by atoms with Gasteiger partial charge in [0.2, 0.25) is 0 Å². The van der Waals surface area contributed by atoms with Crippen molar-refractivity contribution in [1.29, 1.82) is 0 Å². The highest BCUT2D eigenvalue weighted by Crippen LogP contribution is 2.20. The van der Waals surface area contributed by atoms with E-state index in [4.69, 9.17) is 0 Å². The van der Waals surface area contributed by atoms with Gasteiger partial charge < -0.3 is 4.90 Å². The first-order chi connectivity index (χ1) is 8.09. The molecule has 17 heavy (non-hydrogen) atoms.